The maximum Gasteiger partial charge on any atom is 0.339 e. The first-order valence-corrected chi connectivity index (χ1v) is 9.72. The minimum absolute atomic E-state index is 0.106. The molecule has 3 atom stereocenters. The molecule has 0 amide bonds. The van der Waals surface area contributed by atoms with Crippen LogP contribution in [0.15, 0.2) is 48.7 Å². The van der Waals surface area contributed by atoms with Crippen LogP contribution in [0, 0.1) is 0 Å². The van der Waals surface area contributed by atoms with E-state index in [0.29, 0.717) is 30.7 Å². The lowest BCUT2D eigenvalue weighted by Crippen LogP contribution is -2.41. The molecular formula is C19H22N2O5S. The van der Waals surface area contributed by atoms with Crippen LogP contribution in [0.5, 0.6) is 0 Å². The van der Waals surface area contributed by atoms with Crippen LogP contribution in [0.2, 0.25) is 0 Å². The Balaban J connectivity index is 1.71. The minimum atomic E-state index is -2.14. The van der Waals surface area contributed by atoms with Gasteiger partial charge in [-0.1, -0.05) is 30.3 Å². The van der Waals surface area contributed by atoms with Gasteiger partial charge in [-0.05, 0) is 30.5 Å². The van der Waals surface area contributed by atoms with Crippen molar-refractivity contribution in [2.24, 2.45) is 0 Å². The minimum Gasteiger partial charge on any atom is -0.465 e. The van der Waals surface area contributed by atoms with Gasteiger partial charge in [-0.25, -0.2) is 9.00 Å². The number of rotatable bonds is 6. The molecular weight excluding hydrogens is 368 g/mol. The van der Waals surface area contributed by atoms with Gasteiger partial charge in [-0.15, -0.1) is 0 Å². The number of esters is 1. The highest BCUT2D eigenvalue weighted by Crippen LogP contribution is 2.31. The Bertz CT molecular complexity index is 784. The second-order valence-electron chi connectivity index (χ2n) is 6.28. The van der Waals surface area contributed by atoms with E-state index in [9.17, 15) is 13.6 Å². The molecule has 1 saturated heterocycles. The first-order valence-electron chi connectivity index (χ1n) is 8.66. The number of nitrogens with zero attached hydrogens (tertiary/aromatic N) is 2. The Morgan fingerprint density at radius 3 is 2.74 bits per heavy atom. The summed E-state index contributed by atoms with van der Waals surface area (Å²) in [7, 11) is 1.31. The molecule has 1 aliphatic heterocycles. The van der Waals surface area contributed by atoms with Crippen molar-refractivity contribution >= 4 is 17.2 Å². The first-order chi connectivity index (χ1) is 13.1. The van der Waals surface area contributed by atoms with Crippen molar-refractivity contribution in [3.63, 3.8) is 0 Å². The monoisotopic (exact) mass is 390 g/mol. The van der Waals surface area contributed by atoms with E-state index in [-0.39, 0.29) is 18.7 Å². The zero-order chi connectivity index (χ0) is 19.2. The van der Waals surface area contributed by atoms with Gasteiger partial charge in [-0.2, -0.15) is 4.31 Å². The highest BCUT2D eigenvalue weighted by Gasteiger charge is 2.31. The van der Waals surface area contributed by atoms with Crippen molar-refractivity contribution in [2.45, 2.75) is 31.5 Å². The Labute approximate surface area is 160 Å². The molecule has 7 nitrogen and oxygen atoms in total. The standard InChI is InChI=1S/C19H22N2O5S/c1-25-19(22)15-7-8-16(20-12-15)13-21(27(23)24)17-9-10-26-18(11-17)14-5-3-2-4-6-14/h2-8,12,17-18H,9-11,13H2,1H3,(H,23,24). The van der Waals surface area contributed by atoms with Crippen LogP contribution in [0.25, 0.3) is 0 Å². The Kier molecular flexibility index (Phi) is 6.68. The Morgan fingerprint density at radius 2 is 2.11 bits per heavy atom. The zero-order valence-corrected chi connectivity index (χ0v) is 15.8. The van der Waals surface area contributed by atoms with Crippen molar-refractivity contribution in [2.75, 3.05) is 13.7 Å². The van der Waals surface area contributed by atoms with Crippen LogP contribution in [0.3, 0.4) is 0 Å². The molecule has 2 heterocycles. The van der Waals surface area contributed by atoms with Gasteiger partial charge in [0.2, 0.25) is 11.3 Å². The van der Waals surface area contributed by atoms with E-state index in [1.165, 1.54) is 17.6 Å². The Morgan fingerprint density at radius 1 is 1.33 bits per heavy atom. The molecule has 3 rings (SSSR count). The summed E-state index contributed by atoms with van der Waals surface area (Å²) in [5, 5.41) is 0. The smallest absolute Gasteiger partial charge is 0.339 e. The van der Waals surface area contributed by atoms with E-state index in [1.54, 1.807) is 12.1 Å². The molecule has 0 bridgehead atoms. The average Bonchev–Trinajstić information content (AvgIpc) is 2.72. The van der Waals surface area contributed by atoms with Crippen LogP contribution in [-0.2, 0) is 27.3 Å². The van der Waals surface area contributed by atoms with E-state index >= 15 is 0 Å². The van der Waals surface area contributed by atoms with Crippen molar-refractivity contribution in [3.8, 4) is 0 Å². The predicted molar refractivity (Wildman–Crippen MR) is 100 cm³/mol. The van der Waals surface area contributed by atoms with Crippen molar-refractivity contribution in [3.05, 3.63) is 65.5 Å². The van der Waals surface area contributed by atoms with Crippen LogP contribution in [0.4, 0.5) is 0 Å². The number of hydrogen-bond acceptors (Lipinski definition) is 5. The fourth-order valence-electron chi connectivity index (χ4n) is 3.17. The molecule has 0 spiro atoms. The number of carbonyl (C=O) groups is 1. The first kappa shape index (κ1) is 19.6. The molecule has 1 fully saturated rings. The molecule has 1 N–H and O–H groups in total. The van der Waals surface area contributed by atoms with Gasteiger partial charge in [0.15, 0.2) is 0 Å². The highest BCUT2D eigenvalue weighted by molar-refractivity contribution is 7.76. The summed E-state index contributed by atoms with van der Waals surface area (Å²) in [6.07, 6.45) is 2.59. The fourth-order valence-corrected chi connectivity index (χ4v) is 3.86. The second-order valence-corrected chi connectivity index (χ2v) is 7.21. The molecule has 1 aliphatic rings. The summed E-state index contributed by atoms with van der Waals surface area (Å²) in [5.41, 5.74) is 2.01. The van der Waals surface area contributed by atoms with Crippen molar-refractivity contribution < 1.29 is 23.0 Å². The second kappa shape index (κ2) is 9.18. The van der Waals surface area contributed by atoms with Crippen molar-refractivity contribution in [1.29, 1.82) is 0 Å². The quantitative estimate of drug-likeness (QED) is 0.603. The summed E-state index contributed by atoms with van der Waals surface area (Å²) < 4.78 is 33.8. The highest BCUT2D eigenvalue weighted by atomic mass is 32.2. The third kappa shape index (κ3) is 4.98. The van der Waals surface area contributed by atoms with Gasteiger partial charge in [0.1, 0.15) is 0 Å². The normalized spacial score (nSPS) is 21.0. The molecule has 8 heteroatoms. The van der Waals surface area contributed by atoms with Crippen LogP contribution < -0.4 is 0 Å². The molecule has 0 aliphatic carbocycles. The number of benzene rings is 1. The zero-order valence-electron chi connectivity index (χ0n) is 15.0. The number of methoxy groups -OCH3 is 1. The van der Waals surface area contributed by atoms with E-state index in [0.717, 1.165) is 5.56 Å². The lowest BCUT2D eigenvalue weighted by Gasteiger charge is -2.35. The van der Waals surface area contributed by atoms with Gasteiger partial charge in [0, 0.05) is 18.8 Å². The topological polar surface area (TPSA) is 89.0 Å². The molecule has 0 radical (unpaired) electrons. The van der Waals surface area contributed by atoms with E-state index in [4.69, 9.17) is 4.74 Å². The van der Waals surface area contributed by atoms with Gasteiger partial charge in [0.05, 0.1) is 31.0 Å². The number of carbonyl (C=O) groups excluding carboxylic acids is 1. The lowest BCUT2D eigenvalue weighted by atomic mass is 9.97. The molecule has 144 valence electrons. The maximum atomic E-state index is 12.0. The van der Waals surface area contributed by atoms with E-state index in [1.807, 2.05) is 30.3 Å². The van der Waals surface area contributed by atoms with Crippen molar-refractivity contribution in [1.82, 2.24) is 9.29 Å². The van der Waals surface area contributed by atoms with E-state index in [2.05, 4.69) is 9.72 Å². The summed E-state index contributed by atoms with van der Waals surface area (Å²) >= 11 is -2.14. The third-order valence-electron chi connectivity index (χ3n) is 4.60. The molecule has 2 aromatic rings. The molecule has 1 aromatic carbocycles. The number of pyridine rings is 1. The number of hydrogen-bond donors (Lipinski definition) is 1. The molecule has 1 aromatic heterocycles. The predicted octanol–water partition coefficient (Wildman–Crippen LogP) is 2.73. The lowest BCUT2D eigenvalue weighted by molar-refractivity contribution is -0.0146. The summed E-state index contributed by atoms with van der Waals surface area (Å²) in [6, 6.07) is 13.0. The molecule has 3 unspecified atom stereocenters. The van der Waals surface area contributed by atoms with Gasteiger partial charge in [0.25, 0.3) is 0 Å². The largest absolute Gasteiger partial charge is 0.465 e. The van der Waals surface area contributed by atoms with Crippen LogP contribution >= 0.6 is 0 Å². The van der Waals surface area contributed by atoms with E-state index < -0.39 is 17.2 Å². The molecule has 0 saturated carbocycles. The molecule has 27 heavy (non-hydrogen) atoms. The number of ether oxygens (including phenoxy) is 2. The number of aromatic nitrogens is 1. The van der Waals surface area contributed by atoms with Gasteiger partial charge in [-0.3, -0.25) is 9.54 Å². The summed E-state index contributed by atoms with van der Waals surface area (Å²) in [4.78, 5) is 15.7. The Hall–Kier alpha value is -2.13. The third-order valence-corrected chi connectivity index (χ3v) is 5.43. The van der Waals surface area contributed by atoms with Crippen LogP contribution in [0.1, 0.15) is 40.6 Å². The maximum absolute atomic E-state index is 12.0. The van der Waals surface area contributed by atoms with Gasteiger partial charge >= 0.3 is 5.97 Å². The van der Waals surface area contributed by atoms with Crippen LogP contribution in [-0.4, -0.2) is 43.8 Å². The summed E-state index contributed by atoms with van der Waals surface area (Å²) in [6.45, 7) is 0.726. The summed E-state index contributed by atoms with van der Waals surface area (Å²) in [5.74, 6) is -0.466. The van der Waals surface area contributed by atoms with Gasteiger partial charge < -0.3 is 9.47 Å². The fraction of sp³-hybridized carbons (Fsp3) is 0.368. The average molecular weight is 390 g/mol. The SMILES string of the molecule is COC(=O)c1ccc(CN(C2CCOC(c3ccccc3)C2)S(=O)O)nc1.